The van der Waals surface area contributed by atoms with E-state index in [0.717, 1.165) is 17.7 Å². The van der Waals surface area contributed by atoms with Gasteiger partial charge in [-0.05, 0) is 62.3 Å². The Kier molecular flexibility index (Phi) is 10.8. The summed E-state index contributed by atoms with van der Waals surface area (Å²) in [7, 11) is 3.77. The van der Waals surface area contributed by atoms with Gasteiger partial charge in [0.25, 0.3) is 0 Å². The van der Waals surface area contributed by atoms with Crippen LogP contribution in [0.5, 0.6) is 17.2 Å². The lowest BCUT2D eigenvalue weighted by atomic mass is 9.84. The summed E-state index contributed by atoms with van der Waals surface area (Å²) in [6.07, 6.45) is 2.20. The number of hydrogen-bond donors (Lipinski definition) is 2. The molecule has 0 spiro atoms. The first-order chi connectivity index (χ1) is 19.8. The number of amidine groups is 1. The summed E-state index contributed by atoms with van der Waals surface area (Å²) in [4.78, 5) is 27.9. The average Bonchev–Trinajstić information content (AvgIpc) is 3.21. The maximum Gasteiger partial charge on any atom is 0.303 e. The number of carboxylic acids is 1. The molecule has 0 radical (unpaired) electrons. The number of ether oxygens (including phenoxy) is 3. The second kappa shape index (κ2) is 13.9. The molecule has 42 heavy (non-hydrogen) atoms. The van der Waals surface area contributed by atoms with Gasteiger partial charge in [0.2, 0.25) is 0 Å². The van der Waals surface area contributed by atoms with Gasteiger partial charge in [0.1, 0.15) is 11.6 Å². The predicted molar refractivity (Wildman–Crippen MR) is 161 cm³/mol. The lowest BCUT2D eigenvalue weighted by Gasteiger charge is -2.28. The van der Waals surface area contributed by atoms with Crippen LogP contribution in [-0.2, 0) is 16.8 Å². The number of anilines is 1. The molecule has 2 aromatic carbocycles. The molecule has 0 fully saturated rings. The summed E-state index contributed by atoms with van der Waals surface area (Å²) in [6, 6.07) is 5.34. The van der Waals surface area contributed by atoms with Crippen LogP contribution in [0.3, 0.4) is 0 Å². The van der Waals surface area contributed by atoms with Crippen LogP contribution in [0, 0.1) is 11.2 Å². The van der Waals surface area contributed by atoms with E-state index in [1.54, 1.807) is 30.9 Å². The molecule has 1 aliphatic rings. The molecule has 0 aliphatic carbocycles. The van der Waals surface area contributed by atoms with Crippen LogP contribution in [0.15, 0.2) is 18.2 Å². The average molecular weight is 586 g/mol. The third-order valence-corrected chi connectivity index (χ3v) is 7.07. The Balaban J connectivity index is 1.87. The number of hydrogen-bond acceptors (Lipinski definition) is 7. The molecule has 0 saturated carbocycles. The van der Waals surface area contributed by atoms with E-state index in [1.165, 1.54) is 0 Å². The summed E-state index contributed by atoms with van der Waals surface area (Å²) in [6.45, 7) is 10.9. The Hall–Kier alpha value is -3.82. The molecule has 0 bridgehead atoms. The van der Waals surface area contributed by atoms with Gasteiger partial charge >= 0.3 is 5.97 Å². The first kappa shape index (κ1) is 32.7. The topological polar surface area (TPSA) is 112 Å². The monoisotopic (exact) mass is 585 g/mol. The van der Waals surface area contributed by atoms with E-state index in [4.69, 9.17) is 24.7 Å². The molecule has 2 N–H and O–H groups in total. The Morgan fingerprint density at radius 2 is 1.71 bits per heavy atom. The second-order valence-corrected chi connectivity index (χ2v) is 11.6. The Bertz CT molecular complexity index is 1320. The van der Waals surface area contributed by atoms with Gasteiger partial charge in [-0.3, -0.25) is 15.0 Å². The van der Waals surface area contributed by atoms with E-state index in [0.29, 0.717) is 48.7 Å². The summed E-state index contributed by atoms with van der Waals surface area (Å²) in [5.41, 5.74) is 2.47. The van der Waals surface area contributed by atoms with Gasteiger partial charge < -0.3 is 29.1 Å². The van der Waals surface area contributed by atoms with E-state index < -0.39 is 11.8 Å². The zero-order valence-corrected chi connectivity index (χ0v) is 25.9. The van der Waals surface area contributed by atoms with Crippen molar-refractivity contribution in [3.05, 3.63) is 46.3 Å². The first-order valence-corrected chi connectivity index (χ1v) is 14.5. The number of halogens is 1. The number of carbonyl (C=O) groups excluding carboxylic acids is 1. The van der Waals surface area contributed by atoms with Crippen molar-refractivity contribution in [1.29, 1.82) is 5.41 Å². The molecule has 1 heterocycles. The molecular weight excluding hydrogens is 541 g/mol. The van der Waals surface area contributed by atoms with Crippen LogP contribution in [0.25, 0.3) is 0 Å². The zero-order valence-electron chi connectivity index (χ0n) is 25.9. The van der Waals surface area contributed by atoms with Crippen LogP contribution < -0.4 is 19.1 Å². The molecular formula is C32H44FN3O6. The van der Waals surface area contributed by atoms with E-state index in [-0.39, 0.29) is 54.5 Å². The summed E-state index contributed by atoms with van der Waals surface area (Å²) in [5.74, 6) is -0.740. The smallest absolute Gasteiger partial charge is 0.303 e. The molecule has 0 saturated heterocycles. The van der Waals surface area contributed by atoms with Gasteiger partial charge in [0, 0.05) is 38.2 Å². The van der Waals surface area contributed by atoms with Crippen LogP contribution in [-0.4, -0.2) is 68.1 Å². The number of nitrogens with one attached hydrogen (secondary N) is 1. The van der Waals surface area contributed by atoms with Gasteiger partial charge in [-0.1, -0.05) is 20.8 Å². The highest BCUT2D eigenvalue weighted by Gasteiger charge is 2.34. The molecule has 0 aromatic heterocycles. The number of Topliss-reactive ketones (excluding diaryl/α,β-unsaturated/α-hetero) is 1. The molecule has 10 heteroatoms. The maximum absolute atomic E-state index is 15.5. The Morgan fingerprint density at radius 1 is 1.02 bits per heavy atom. The van der Waals surface area contributed by atoms with Gasteiger partial charge in [0.05, 0.1) is 37.6 Å². The Morgan fingerprint density at radius 3 is 2.31 bits per heavy atom. The number of rotatable bonds is 15. The minimum absolute atomic E-state index is 0.0149. The molecule has 0 atom stereocenters. The highest BCUT2D eigenvalue weighted by atomic mass is 19.1. The summed E-state index contributed by atoms with van der Waals surface area (Å²) >= 11 is 0. The number of carboxylic acid groups (broad SMARTS) is 1. The fourth-order valence-corrected chi connectivity index (χ4v) is 4.97. The first-order valence-electron chi connectivity index (χ1n) is 14.5. The number of aliphatic carboxylic acids is 1. The molecule has 3 rings (SSSR count). The van der Waals surface area contributed by atoms with Crippen LogP contribution in [0.4, 0.5) is 10.1 Å². The van der Waals surface area contributed by atoms with Crippen LogP contribution >= 0.6 is 0 Å². The molecule has 9 nitrogen and oxygen atoms in total. The zero-order chi connectivity index (χ0) is 31.2. The van der Waals surface area contributed by atoms with Gasteiger partial charge in [-0.15, -0.1) is 0 Å². The lowest BCUT2D eigenvalue weighted by Crippen LogP contribution is -2.31. The largest absolute Gasteiger partial charge is 0.491 e. The van der Waals surface area contributed by atoms with Gasteiger partial charge in [0.15, 0.2) is 23.1 Å². The van der Waals surface area contributed by atoms with Crippen LogP contribution in [0.2, 0.25) is 0 Å². The summed E-state index contributed by atoms with van der Waals surface area (Å²) in [5, 5.41) is 17.6. The number of fused-ring (bicyclic) bond motifs is 1. The highest BCUT2D eigenvalue weighted by Crippen LogP contribution is 2.41. The van der Waals surface area contributed by atoms with Crippen molar-refractivity contribution in [2.24, 2.45) is 0 Å². The summed E-state index contributed by atoms with van der Waals surface area (Å²) < 4.78 is 32.9. The lowest BCUT2D eigenvalue weighted by molar-refractivity contribution is -0.137. The van der Waals surface area contributed by atoms with Crippen molar-refractivity contribution < 1.29 is 33.3 Å². The van der Waals surface area contributed by atoms with Gasteiger partial charge in [-0.2, -0.15) is 0 Å². The van der Waals surface area contributed by atoms with Crippen LogP contribution in [0.1, 0.15) is 87.4 Å². The fourth-order valence-electron chi connectivity index (χ4n) is 4.97. The van der Waals surface area contributed by atoms with E-state index in [9.17, 15) is 9.59 Å². The minimum atomic E-state index is -0.801. The van der Waals surface area contributed by atoms with Crippen molar-refractivity contribution in [2.45, 2.75) is 72.3 Å². The molecule has 2 aromatic rings. The van der Waals surface area contributed by atoms with Crippen molar-refractivity contribution in [3.63, 3.8) is 0 Å². The third-order valence-electron chi connectivity index (χ3n) is 7.07. The highest BCUT2D eigenvalue weighted by molar-refractivity contribution is 6.06. The number of benzene rings is 2. The fraction of sp³-hybridized carbons (Fsp3) is 0.531. The quantitative estimate of drug-likeness (QED) is 0.192. The number of carbonyl (C=O) groups is 2. The predicted octanol–water partition coefficient (Wildman–Crippen LogP) is 6.03. The number of unbranched alkanes of at least 4 members (excludes halogenated alkanes) is 2. The van der Waals surface area contributed by atoms with Crippen molar-refractivity contribution >= 4 is 23.3 Å². The molecule has 230 valence electrons. The normalized spacial score (nSPS) is 12.8. The maximum atomic E-state index is 15.5. The van der Waals surface area contributed by atoms with Crippen molar-refractivity contribution in [3.8, 4) is 17.2 Å². The van der Waals surface area contributed by atoms with Crippen molar-refractivity contribution in [1.82, 2.24) is 4.90 Å². The van der Waals surface area contributed by atoms with E-state index in [1.807, 2.05) is 25.1 Å². The molecule has 0 unspecified atom stereocenters. The van der Waals surface area contributed by atoms with Gasteiger partial charge in [-0.25, -0.2) is 4.39 Å². The molecule has 1 aliphatic heterocycles. The number of nitrogens with zero attached hydrogens (tertiary/aromatic N) is 2. The third kappa shape index (κ3) is 7.52. The van der Waals surface area contributed by atoms with E-state index in [2.05, 4.69) is 20.8 Å². The van der Waals surface area contributed by atoms with E-state index >= 15 is 4.39 Å². The Labute approximate surface area is 248 Å². The second-order valence-electron chi connectivity index (χ2n) is 11.6. The molecule has 0 amide bonds. The number of ketones is 1. The van der Waals surface area contributed by atoms with Crippen molar-refractivity contribution in [2.75, 3.05) is 45.4 Å². The SMILES string of the molecule is CCOc1cc2c(c(F)c1OCC)C(=N)N(CC(=O)c1cc(N(C)C)c(OCCCCCC(=O)O)c(C(C)(C)C)c1)C2. The standard InChI is InChI=1S/C32H44FN3O6/c1-8-40-25-17-21-18-36(31(34)27(21)28(33)30(25)41-9-2)19-24(37)20-15-22(32(3,4)5)29(23(16-20)35(6)7)42-14-12-10-11-13-26(38)39/h15-17,34H,8-14,18-19H2,1-7H3,(H,38,39). The minimum Gasteiger partial charge on any atom is -0.491 e.